The number of ether oxygens (including phenoxy) is 1. The molecule has 1 aliphatic rings. The summed E-state index contributed by atoms with van der Waals surface area (Å²) in [7, 11) is 0. The molecule has 2 rings (SSSR count). The van der Waals surface area contributed by atoms with Crippen LogP contribution in [0, 0.1) is 0 Å². The van der Waals surface area contributed by atoms with E-state index >= 15 is 0 Å². The Labute approximate surface area is 96.7 Å². The van der Waals surface area contributed by atoms with Crippen LogP contribution in [0.1, 0.15) is 23.2 Å². The van der Waals surface area contributed by atoms with Crippen molar-refractivity contribution in [2.45, 2.75) is 18.9 Å². The van der Waals surface area contributed by atoms with E-state index in [1.165, 1.54) is 0 Å². The minimum atomic E-state index is -0.0908. The maximum absolute atomic E-state index is 11.6. The van der Waals surface area contributed by atoms with Crippen LogP contribution in [0.15, 0.2) is 22.7 Å². The van der Waals surface area contributed by atoms with Crippen molar-refractivity contribution in [3.8, 4) is 5.75 Å². The first kappa shape index (κ1) is 10.6. The number of benzene rings is 1. The van der Waals surface area contributed by atoms with E-state index in [0.717, 1.165) is 17.3 Å². The van der Waals surface area contributed by atoms with Crippen molar-refractivity contribution in [3.05, 3.63) is 28.2 Å². The van der Waals surface area contributed by atoms with E-state index < -0.39 is 0 Å². The first-order valence-electron chi connectivity index (χ1n) is 4.90. The van der Waals surface area contributed by atoms with Gasteiger partial charge in [-0.3, -0.25) is 4.79 Å². The molecule has 1 aromatic carbocycles. The van der Waals surface area contributed by atoms with Crippen molar-refractivity contribution in [1.29, 1.82) is 0 Å². The summed E-state index contributed by atoms with van der Waals surface area (Å²) in [5, 5.41) is 0. The molecule has 0 bridgehead atoms. The molecule has 1 saturated carbocycles. The molecule has 0 spiro atoms. The predicted octanol–water partition coefficient (Wildman–Crippen LogP) is 2.13. The molecule has 0 aliphatic heterocycles. The van der Waals surface area contributed by atoms with Gasteiger partial charge in [-0.05, 0) is 31.0 Å². The zero-order chi connectivity index (χ0) is 10.8. The van der Waals surface area contributed by atoms with Crippen molar-refractivity contribution in [1.82, 2.24) is 0 Å². The molecule has 4 heteroatoms. The zero-order valence-electron chi connectivity index (χ0n) is 8.20. The number of nitrogens with two attached hydrogens (primary N) is 1. The van der Waals surface area contributed by atoms with E-state index in [-0.39, 0.29) is 18.4 Å². The normalized spacial score (nSPS) is 15.1. The Balaban J connectivity index is 2.29. The van der Waals surface area contributed by atoms with E-state index in [9.17, 15) is 4.79 Å². The van der Waals surface area contributed by atoms with Crippen LogP contribution < -0.4 is 10.5 Å². The number of Topliss-reactive ketones (excluding diaryl/α,β-unsaturated/α-hetero) is 1. The zero-order valence-corrected chi connectivity index (χ0v) is 9.79. The Morgan fingerprint density at radius 1 is 1.53 bits per heavy atom. The summed E-state index contributed by atoms with van der Waals surface area (Å²) in [6.07, 6.45) is 2.44. The van der Waals surface area contributed by atoms with Crippen LogP contribution in [0.4, 0.5) is 0 Å². The Morgan fingerprint density at radius 2 is 2.27 bits per heavy atom. The summed E-state index contributed by atoms with van der Waals surface area (Å²) in [6.45, 7) is 0.0114. The largest absolute Gasteiger partial charge is 0.490 e. The van der Waals surface area contributed by atoms with Gasteiger partial charge >= 0.3 is 0 Å². The number of ketones is 1. The summed E-state index contributed by atoms with van der Waals surface area (Å²) in [6, 6.07) is 5.43. The molecule has 0 atom stereocenters. The highest BCUT2D eigenvalue weighted by Gasteiger charge is 2.25. The lowest BCUT2D eigenvalue weighted by Crippen LogP contribution is -2.15. The van der Waals surface area contributed by atoms with Gasteiger partial charge in [0.2, 0.25) is 0 Å². The fourth-order valence-electron chi connectivity index (χ4n) is 1.30. The van der Waals surface area contributed by atoms with Crippen molar-refractivity contribution < 1.29 is 9.53 Å². The highest BCUT2D eigenvalue weighted by molar-refractivity contribution is 9.10. The van der Waals surface area contributed by atoms with Crippen molar-refractivity contribution in [2.75, 3.05) is 6.54 Å². The van der Waals surface area contributed by atoms with Gasteiger partial charge in [-0.1, -0.05) is 15.9 Å². The fourth-order valence-corrected chi connectivity index (χ4v) is 1.66. The van der Waals surface area contributed by atoms with Crippen molar-refractivity contribution in [2.24, 2.45) is 5.73 Å². The number of rotatable bonds is 4. The second kappa shape index (κ2) is 4.33. The van der Waals surface area contributed by atoms with Crippen LogP contribution in [-0.4, -0.2) is 18.4 Å². The maximum Gasteiger partial charge on any atom is 0.180 e. The second-order valence-electron chi connectivity index (χ2n) is 3.58. The third-order valence-corrected chi connectivity index (χ3v) is 2.74. The number of halogens is 1. The van der Waals surface area contributed by atoms with Gasteiger partial charge in [0.15, 0.2) is 5.78 Å². The number of hydrogen-bond acceptors (Lipinski definition) is 3. The molecule has 0 heterocycles. The van der Waals surface area contributed by atoms with Crippen LogP contribution in [0.25, 0.3) is 0 Å². The molecule has 0 radical (unpaired) electrons. The first-order valence-corrected chi connectivity index (χ1v) is 5.69. The van der Waals surface area contributed by atoms with E-state index in [0.29, 0.717) is 11.3 Å². The standard InChI is InChI=1S/C11H12BrNO2/c12-7-1-4-11(15-8-2-3-8)9(5-7)10(14)6-13/h1,4-5,8H,2-3,6,13H2. The van der Waals surface area contributed by atoms with Crippen LogP contribution in [-0.2, 0) is 0 Å². The van der Waals surface area contributed by atoms with Gasteiger partial charge in [0.1, 0.15) is 5.75 Å². The molecule has 1 aliphatic carbocycles. The van der Waals surface area contributed by atoms with E-state index in [1.54, 1.807) is 6.07 Å². The third kappa shape index (κ3) is 2.58. The van der Waals surface area contributed by atoms with Crippen LogP contribution in [0.5, 0.6) is 5.75 Å². The number of carbonyl (C=O) groups is 1. The summed E-state index contributed by atoms with van der Waals surface area (Å²) < 4.78 is 6.50. The third-order valence-electron chi connectivity index (χ3n) is 2.25. The smallest absolute Gasteiger partial charge is 0.180 e. The van der Waals surface area contributed by atoms with Gasteiger partial charge in [0.05, 0.1) is 18.2 Å². The minimum absolute atomic E-state index is 0.0114. The lowest BCUT2D eigenvalue weighted by Gasteiger charge is -2.09. The fraction of sp³-hybridized carbons (Fsp3) is 0.364. The number of hydrogen-bond donors (Lipinski definition) is 1. The van der Waals surface area contributed by atoms with Gasteiger partial charge in [-0.25, -0.2) is 0 Å². The Kier molecular flexibility index (Phi) is 3.07. The number of carbonyl (C=O) groups excluding carboxylic acids is 1. The summed E-state index contributed by atoms with van der Waals surface area (Å²) in [5.74, 6) is 0.558. The minimum Gasteiger partial charge on any atom is -0.490 e. The van der Waals surface area contributed by atoms with Crippen LogP contribution in [0.3, 0.4) is 0 Å². The highest BCUT2D eigenvalue weighted by atomic mass is 79.9. The van der Waals surface area contributed by atoms with Gasteiger partial charge in [-0.2, -0.15) is 0 Å². The van der Waals surface area contributed by atoms with Crippen molar-refractivity contribution >= 4 is 21.7 Å². The van der Waals surface area contributed by atoms with Gasteiger partial charge in [0, 0.05) is 4.47 Å². The molecule has 0 amide bonds. The summed E-state index contributed by atoms with van der Waals surface area (Å²) in [4.78, 5) is 11.6. The Morgan fingerprint density at radius 3 is 2.87 bits per heavy atom. The molecule has 0 unspecified atom stereocenters. The van der Waals surface area contributed by atoms with Crippen LogP contribution >= 0.6 is 15.9 Å². The second-order valence-corrected chi connectivity index (χ2v) is 4.50. The van der Waals surface area contributed by atoms with Gasteiger partial charge < -0.3 is 10.5 Å². The predicted molar refractivity (Wildman–Crippen MR) is 61.2 cm³/mol. The molecule has 1 aromatic rings. The molecule has 0 aromatic heterocycles. The highest BCUT2D eigenvalue weighted by Crippen LogP contribution is 2.30. The molecule has 15 heavy (non-hydrogen) atoms. The van der Waals surface area contributed by atoms with Gasteiger partial charge in [0.25, 0.3) is 0 Å². The average molecular weight is 270 g/mol. The molecule has 0 saturated heterocycles. The molecular formula is C11H12BrNO2. The average Bonchev–Trinajstić information content (AvgIpc) is 3.03. The SMILES string of the molecule is NCC(=O)c1cc(Br)ccc1OC1CC1. The van der Waals surface area contributed by atoms with E-state index in [2.05, 4.69) is 15.9 Å². The van der Waals surface area contributed by atoms with Crippen LogP contribution in [0.2, 0.25) is 0 Å². The topological polar surface area (TPSA) is 52.3 Å². The molecular weight excluding hydrogens is 258 g/mol. The Hall–Kier alpha value is -0.870. The van der Waals surface area contributed by atoms with Gasteiger partial charge in [-0.15, -0.1) is 0 Å². The molecule has 80 valence electrons. The first-order chi connectivity index (χ1) is 7.20. The summed E-state index contributed by atoms with van der Waals surface area (Å²) in [5.41, 5.74) is 5.92. The molecule has 1 fully saturated rings. The lowest BCUT2D eigenvalue weighted by molar-refractivity contribution is 0.0997. The Bertz CT molecular complexity index is 388. The monoisotopic (exact) mass is 269 g/mol. The maximum atomic E-state index is 11.6. The van der Waals surface area contributed by atoms with Crippen molar-refractivity contribution in [3.63, 3.8) is 0 Å². The quantitative estimate of drug-likeness (QED) is 0.853. The molecule has 2 N–H and O–H groups in total. The summed E-state index contributed by atoms with van der Waals surface area (Å²) >= 11 is 3.33. The lowest BCUT2D eigenvalue weighted by atomic mass is 10.1. The molecule has 3 nitrogen and oxygen atoms in total. The van der Waals surface area contributed by atoms with E-state index in [4.69, 9.17) is 10.5 Å². The van der Waals surface area contributed by atoms with E-state index in [1.807, 2.05) is 12.1 Å².